The van der Waals surface area contributed by atoms with Gasteiger partial charge in [-0.1, -0.05) is 13.8 Å². The van der Waals surface area contributed by atoms with E-state index in [-0.39, 0.29) is 0 Å². The van der Waals surface area contributed by atoms with Gasteiger partial charge in [0.1, 0.15) is 0 Å². The first kappa shape index (κ1) is 10.7. The number of nitrogens with zero attached hydrogens (tertiary/aromatic N) is 2. The summed E-state index contributed by atoms with van der Waals surface area (Å²) >= 11 is 0. The summed E-state index contributed by atoms with van der Waals surface area (Å²) in [6.07, 6.45) is 5.72. The van der Waals surface area contributed by atoms with Crippen LogP contribution in [0, 0.1) is 5.92 Å². The third-order valence-electron chi connectivity index (χ3n) is 3.19. The maximum absolute atomic E-state index is 4.32. The van der Waals surface area contributed by atoms with Crippen molar-refractivity contribution < 1.29 is 0 Å². The molecule has 0 saturated heterocycles. The minimum atomic E-state index is 0.741. The van der Waals surface area contributed by atoms with Gasteiger partial charge in [0.25, 0.3) is 0 Å². The van der Waals surface area contributed by atoms with Crippen LogP contribution in [0.2, 0.25) is 0 Å². The fraction of sp³-hybridized carbons (Fsp3) is 0.750. The van der Waals surface area contributed by atoms with Crippen molar-refractivity contribution in [3.63, 3.8) is 0 Å². The van der Waals surface area contributed by atoms with Crippen molar-refractivity contribution in [3.05, 3.63) is 18.0 Å². The highest BCUT2D eigenvalue weighted by atomic mass is 15.3. The number of nitrogens with one attached hydrogen (secondary N) is 1. The molecule has 1 aliphatic rings. The van der Waals surface area contributed by atoms with Crippen molar-refractivity contribution in [3.8, 4) is 0 Å². The topological polar surface area (TPSA) is 29.9 Å². The third-order valence-corrected chi connectivity index (χ3v) is 3.19. The van der Waals surface area contributed by atoms with Crippen LogP contribution in [0.4, 0.5) is 0 Å². The molecule has 0 aromatic carbocycles. The lowest BCUT2D eigenvalue weighted by atomic mass is 9.82. The molecule has 1 aromatic heterocycles. The van der Waals surface area contributed by atoms with Gasteiger partial charge in [-0.3, -0.25) is 4.68 Å². The summed E-state index contributed by atoms with van der Waals surface area (Å²) in [6, 6.07) is 2.86. The van der Waals surface area contributed by atoms with E-state index in [1.165, 1.54) is 18.5 Å². The van der Waals surface area contributed by atoms with Gasteiger partial charge in [0.15, 0.2) is 0 Å². The molecular weight excluding hydrogens is 186 g/mol. The first-order chi connectivity index (χ1) is 7.29. The van der Waals surface area contributed by atoms with E-state index >= 15 is 0 Å². The summed E-state index contributed by atoms with van der Waals surface area (Å²) in [5, 5.41) is 7.91. The Balaban J connectivity index is 1.79. The fourth-order valence-electron chi connectivity index (χ4n) is 2.24. The van der Waals surface area contributed by atoms with Gasteiger partial charge in [-0.2, -0.15) is 5.10 Å². The summed E-state index contributed by atoms with van der Waals surface area (Å²) in [5.41, 5.74) is 1.32. The second-order valence-corrected chi connectivity index (χ2v) is 4.70. The van der Waals surface area contributed by atoms with E-state index < -0.39 is 0 Å². The number of hydrogen-bond acceptors (Lipinski definition) is 2. The van der Waals surface area contributed by atoms with E-state index in [0.717, 1.165) is 31.5 Å². The second-order valence-electron chi connectivity index (χ2n) is 4.70. The van der Waals surface area contributed by atoms with E-state index in [4.69, 9.17) is 0 Å². The Kier molecular flexibility index (Phi) is 3.41. The number of hydrogen-bond donors (Lipinski definition) is 1. The Hall–Kier alpha value is -0.830. The van der Waals surface area contributed by atoms with Crippen molar-refractivity contribution in [2.45, 2.75) is 52.2 Å². The predicted octanol–water partition coefficient (Wildman–Crippen LogP) is 2.18. The molecule has 1 heterocycles. The second kappa shape index (κ2) is 4.79. The first-order valence-corrected chi connectivity index (χ1v) is 6.03. The van der Waals surface area contributed by atoms with Crippen LogP contribution in [-0.4, -0.2) is 15.8 Å². The molecule has 15 heavy (non-hydrogen) atoms. The van der Waals surface area contributed by atoms with Gasteiger partial charge >= 0.3 is 0 Å². The largest absolute Gasteiger partial charge is 0.308 e. The van der Waals surface area contributed by atoms with Crippen LogP contribution >= 0.6 is 0 Å². The quantitative estimate of drug-likeness (QED) is 0.802. The van der Waals surface area contributed by atoms with Gasteiger partial charge in [0.05, 0.1) is 5.69 Å². The van der Waals surface area contributed by atoms with Crippen LogP contribution in [0.5, 0.6) is 0 Å². The SMILES string of the molecule is CCCn1nccc1CNC1CC(C)C1. The molecule has 3 heteroatoms. The average molecular weight is 207 g/mol. The van der Waals surface area contributed by atoms with E-state index in [9.17, 15) is 0 Å². The lowest BCUT2D eigenvalue weighted by Crippen LogP contribution is -2.39. The van der Waals surface area contributed by atoms with Gasteiger partial charge in [0.2, 0.25) is 0 Å². The molecule has 0 spiro atoms. The molecule has 0 unspecified atom stereocenters. The maximum atomic E-state index is 4.32. The van der Waals surface area contributed by atoms with Crippen LogP contribution in [0.25, 0.3) is 0 Å². The molecule has 3 nitrogen and oxygen atoms in total. The Labute approximate surface area is 91.9 Å². The van der Waals surface area contributed by atoms with E-state index in [1.54, 1.807) is 0 Å². The highest BCUT2D eigenvalue weighted by molar-refractivity contribution is 5.01. The standard InChI is InChI=1S/C12H21N3/c1-3-6-15-12(4-5-14-15)9-13-11-7-10(2)8-11/h4-5,10-11,13H,3,6-9H2,1-2H3. The number of aromatic nitrogens is 2. The van der Waals surface area contributed by atoms with Gasteiger partial charge in [0, 0.05) is 25.3 Å². The summed E-state index contributed by atoms with van der Waals surface area (Å²) < 4.78 is 2.11. The molecule has 0 radical (unpaired) electrons. The molecule has 1 N–H and O–H groups in total. The number of aryl methyl sites for hydroxylation is 1. The normalized spacial score (nSPS) is 25.2. The molecule has 0 atom stereocenters. The Morgan fingerprint density at radius 3 is 3.00 bits per heavy atom. The summed E-state index contributed by atoms with van der Waals surface area (Å²) in [5.74, 6) is 0.919. The van der Waals surface area contributed by atoms with Crippen molar-refractivity contribution in [2.24, 2.45) is 5.92 Å². The van der Waals surface area contributed by atoms with E-state index in [1.807, 2.05) is 6.20 Å². The number of rotatable bonds is 5. The molecule has 1 aliphatic carbocycles. The Bertz CT molecular complexity index is 300. The zero-order valence-electron chi connectivity index (χ0n) is 9.74. The van der Waals surface area contributed by atoms with Crippen molar-refractivity contribution >= 4 is 0 Å². The predicted molar refractivity (Wildman–Crippen MR) is 61.5 cm³/mol. The van der Waals surface area contributed by atoms with Crippen LogP contribution in [0.1, 0.15) is 38.8 Å². The zero-order chi connectivity index (χ0) is 10.7. The van der Waals surface area contributed by atoms with Gasteiger partial charge in [-0.05, 0) is 31.2 Å². The average Bonchev–Trinajstić information content (AvgIpc) is 2.59. The van der Waals surface area contributed by atoms with Crippen molar-refractivity contribution in [2.75, 3.05) is 0 Å². The lowest BCUT2D eigenvalue weighted by Gasteiger charge is -2.33. The lowest BCUT2D eigenvalue weighted by molar-refractivity contribution is 0.238. The molecule has 0 amide bonds. The Morgan fingerprint density at radius 1 is 1.53 bits per heavy atom. The summed E-state index contributed by atoms with van der Waals surface area (Å²) in [4.78, 5) is 0. The Morgan fingerprint density at radius 2 is 2.33 bits per heavy atom. The highest BCUT2D eigenvalue weighted by Crippen LogP contribution is 2.26. The molecule has 1 aromatic rings. The van der Waals surface area contributed by atoms with Crippen LogP contribution in [-0.2, 0) is 13.1 Å². The highest BCUT2D eigenvalue weighted by Gasteiger charge is 2.24. The first-order valence-electron chi connectivity index (χ1n) is 6.03. The summed E-state index contributed by atoms with van der Waals surface area (Å²) in [7, 11) is 0. The summed E-state index contributed by atoms with van der Waals surface area (Å²) in [6.45, 7) is 6.51. The minimum absolute atomic E-state index is 0.741. The van der Waals surface area contributed by atoms with E-state index in [2.05, 4.69) is 35.0 Å². The van der Waals surface area contributed by atoms with Gasteiger partial charge < -0.3 is 5.32 Å². The monoisotopic (exact) mass is 207 g/mol. The molecular formula is C12H21N3. The third kappa shape index (κ3) is 2.59. The molecule has 2 rings (SSSR count). The van der Waals surface area contributed by atoms with Crippen LogP contribution in [0.15, 0.2) is 12.3 Å². The smallest absolute Gasteiger partial charge is 0.0522 e. The minimum Gasteiger partial charge on any atom is -0.308 e. The fourth-order valence-corrected chi connectivity index (χ4v) is 2.24. The van der Waals surface area contributed by atoms with Crippen molar-refractivity contribution in [1.29, 1.82) is 0 Å². The zero-order valence-corrected chi connectivity index (χ0v) is 9.74. The van der Waals surface area contributed by atoms with Crippen LogP contribution < -0.4 is 5.32 Å². The van der Waals surface area contributed by atoms with Crippen LogP contribution in [0.3, 0.4) is 0 Å². The van der Waals surface area contributed by atoms with Gasteiger partial charge in [-0.25, -0.2) is 0 Å². The molecule has 1 saturated carbocycles. The molecule has 0 bridgehead atoms. The molecule has 1 fully saturated rings. The van der Waals surface area contributed by atoms with Gasteiger partial charge in [-0.15, -0.1) is 0 Å². The van der Waals surface area contributed by atoms with E-state index in [0.29, 0.717) is 0 Å². The molecule has 0 aliphatic heterocycles. The van der Waals surface area contributed by atoms with Crippen molar-refractivity contribution in [1.82, 2.24) is 15.1 Å². The molecule has 84 valence electrons. The maximum Gasteiger partial charge on any atom is 0.0522 e.